The van der Waals surface area contributed by atoms with Crippen LogP contribution in [0.15, 0.2) is 36.0 Å². The molecule has 0 aliphatic carbocycles. The van der Waals surface area contributed by atoms with Crippen molar-refractivity contribution in [3.8, 4) is 0 Å². The minimum absolute atomic E-state index is 0.0481. The Bertz CT molecular complexity index is 735. The van der Waals surface area contributed by atoms with Crippen molar-refractivity contribution in [1.29, 1.82) is 0 Å². The van der Waals surface area contributed by atoms with Crippen molar-refractivity contribution in [2.75, 3.05) is 27.3 Å². The molecule has 2 aliphatic rings. The summed E-state index contributed by atoms with van der Waals surface area (Å²) in [6.07, 6.45) is 12.1. The second kappa shape index (κ2) is 12.9. The first-order valence-corrected chi connectivity index (χ1v) is 11.7. The molecule has 1 N–H and O–H groups in total. The Morgan fingerprint density at radius 1 is 1.21 bits per heavy atom. The van der Waals surface area contributed by atoms with E-state index in [0.29, 0.717) is 19.6 Å². The highest BCUT2D eigenvalue weighted by Gasteiger charge is 2.27. The lowest BCUT2D eigenvalue weighted by molar-refractivity contribution is -0.187. The van der Waals surface area contributed by atoms with Gasteiger partial charge in [0.15, 0.2) is 6.29 Å². The fourth-order valence-electron chi connectivity index (χ4n) is 3.54. The number of carbonyl (C=O) groups is 2. The number of amides is 2. The molecule has 0 radical (unpaired) electrons. The van der Waals surface area contributed by atoms with Crippen molar-refractivity contribution < 1.29 is 28.5 Å². The van der Waals surface area contributed by atoms with Crippen LogP contribution in [-0.4, -0.2) is 74.4 Å². The average Bonchev–Trinajstić information content (AvgIpc) is 2.75. The molecular weight excluding hydrogens is 424 g/mol. The van der Waals surface area contributed by atoms with E-state index >= 15 is 0 Å². The summed E-state index contributed by atoms with van der Waals surface area (Å²) in [4.78, 5) is 24.9. The summed E-state index contributed by atoms with van der Waals surface area (Å²) in [5, 5.41) is 2.83. The standard InChI is InChI=1S/C25H40N2O6/c1-18(9-12-21-8-7-15-25(3,4)33-21)10-14-23-30-16-20(17-31-23)26-22(28)13-11-19(2)32-24(29)27(5)6/h9-13,19-21,23H,7-8,14-17H2,1-6H3,(H,26,28). The quantitative estimate of drug-likeness (QED) is 0.435. The van der Waals surface area contributed by atoms with Crippen molar-refractivity contribution in [1.82, 2.24) is 10.2 Å². The van der Waals surface area contributed by atoms with Crippen LogP contribution < -0.4 is 5.32 Å². The minimum atomic E-state index is -0.505. The molecule has 0 aromatic carbocycles. The third-order valence-electron chi connectivity index (χ3n) is 5.43. The molecule has 0 aromatic rings. The zero-order chi connectivity index (χ0) is 24.4. The van der Waals surface area contributed by atoms with Gasteiger partial charge in [-0.3, -0.25) is 4.79 Å². The second-order valence-electron chi connectivity index (χ2n) is 9.50. The Morgan fingerprint density at radius 2 is 1.91 bits per heavy atom. The molecule has 0 saturated carbocycles. The smallest absolute Gasteiger partial charge is 0.409 e. The number of carbonyl (C=O) groups excluding carboxylic acids is 2. The SMILES string of the molecule is CC(C=CC1CCCC(C)(C)O1)=CCC1OCC(NC(=O)C=CC(C)OC(=O)N(C)C)CO1. The first kappa shape index (κ1) is 27.1. The molecule has 2 aliphatic heterocycles. The molecule has 8 heteroatoms. The predicted molar refractivity (Wildman–Crippen MR) is 127 cm³/mol. The molecule has 2 heterocycles. The van der Waals surface area contributed by atoms with Crippen LogP contribution >= 0.6 is 0 Å². The zero-order valence-electron chi connectivity index (χ0n) is 20.8. The third kappa shape index (κ3) is 10.5. The fourth-order valence-corrected chi connectivity index (χ4v) is 3.54. The van der Waals surface area contributed by atoms with Crippen molar-refractivity contribution >= 4 is 12.0 Å². The van der Waals surface area contributed by atoms with Gasteiger partial charge < -0.3 is 29.2 Å². The molecule has 0 bridgehead atoms. The number of nitrogens with one attached hydrogen (secondary N) is 1. The van der Waals surface area contributed by atoms with Crippen LogP contribution in [0.2, 0.25) is 0 Å². The lowest BCUT2D eigenvalue weighted by Gasteiger charge is -2.34. The second-order valence-corrected chi connectivity index (χ2v) is 9.50. The van der Waals surface area contributed by atoms with Gasteiger partial charge in [0, 0.05) is 26.6 Å². The molecule has 0 aromatic heterocycles. The van der Waals surface area contributed by atoms with Gasteiger partial charge in [-0.25, -0.2) is 4.79 Å². The largest absolute Gasteiger partial charge is 0.442 e. The molecule has 2 amide bonds. The van der Waals surface area contributed by atoms with E-state index in [0.717, 1.165) is 18.4 Å². The number of allylic oxidation sites excluding steroid dienone is 2. The Kier molecular flexibility index (Phi) is 10.6. The monoisotopic (exact) mass is 464 g/mol. The van der Waals surface area contributed by atoms with Gasteiger partial charge in [-0.2, -0.15) is 0 Å². The molecule has 0 spiro atoms. The normalized spacial score (nSPS) is 26.8. The van der Waals surface area contributed by atoms with Gasteiger partial charge >= 0.3 is 6.09 Å². The summed E-state index contributed by atoms with van der Waals surface area (Å²) in [6, 6.07) is -0.227. The van der Waals surface area contributed by atoms with Crippen molar-refractivity contribution in [3.63, 3.8) is 0 Å². The number of hydrogen-bond acceptors (Lipinski definition) is 6. The van der Waals surface area contributed by atoms with Crippen molar-refractivity contribution in [2.24, 2.45) is 0 Å². The van der Waals surface area contributed by atoms with Crippen LogP contribution in [-0.2, 0) is 23.7 Å². The predicted octanol–water partition coefficient (Wildman–Crippen LogP) is 3.73. The van der Waals surface area contributed by atoms with Crippen LogP contribution in [0.5, 0.6) is 0 Å². The summed E-state index contributed by atoms with van der Waals surface area (Å²) in [5.74, 6) is -0.285. The van der Waals surface area contributed by atoms with E-state index in [2.05, 4.69) is 44.3 Å². The van der Waals surface area contributed by atoms with E-state index in [-0.39, 0.29) is 29.9 Å². The summed E-state index contributed by atoms with van der Waals surface area (Å²) < 4.78 is 22.7. The average molecular weight is 465 g/mol. The summed E-state index contributed by atoms with van der Waals surface area (Å²) in [5.41, 5.74) is 1.09. The van der Waals surface area contributed by atoms with E-state index in [1.165, 1.54) is 23.5 Å². The van der Waals surface area contributed by atoms with Crippen LogP contribution in [0.1, 0.15) is 53.4 Å². The van der Waals surface area contributed by atoms with E-state index < -0.39 is 12.2 Å². The summed E-state index contributed by atoms with van der Waals surface area (Å²) in [6.45, 7) is 8.79. The molecule has 2 fully saturated rings. The fraction of sp³-hybridized carbons (Fsp3) is 0.680. The molecule has 2 saturated heterocycles. The Morgan fingerprint density at radius 3 is 2.55 bits per heavy atom. The van der Waals surface area contributed by atoms with E-state index in [4.69, 9.17) is 18.9 Å². The summed E-state index contributed by atoms with van der Waals surface area (Å²) >= 11 is 0. The van der Waals surface area contributed by atoms with Gasteiger partial charge in [0.05, 0.1) is 31.0 Å². The highest BCUT2D eigenvalue weighted by atomic mass is 16.7. The zero-order valence-corrected chi connectivity index (χ0v) is 20.8. The van der Waals surface area contributed by atoms with Crippen LogP contribution in [0.4, 0.5) is 4.79 Å². The number of hydrogen-bond donors (Lipinski definition) is 1. The van der Waals surface area contributed by atoms with E-state index in [1.807, 2.05) is 0 Å². The highest BCUT2D eigenvalue weighted by Crippen LogP contribution is 2.28. The Labute approximate surface area is 198 Å². The maximum atomic E-state index is 12.1. The van der Waals surface area contributed by atoms with Gasteiger partial charge in [-0.1, -0.05) is 23.8 Å². The molecule has 2 atom stereocenters. The molecule has 2 rings (SSSR count). The lowest BCUT2D eigenvalue weighted by atomic mass is 9.95. The minimum Gasteiger partial charge on any atom is -0.442 e. The first-order chi connectivity index (χ1) is 15.5. The molecule has 2 unspecified atom stereocenters. The number of rotatable bonds is 8. The van der Waals surface area contributed by atoms with Crippen molar-refractivity contribution in [2.45, 2.75) is 83.5 Å². The number of nitrogens with zero attached hydrogens (tertiary/aromatic N) is 1. The lowest BCUT2D eigenvalue weighted by Crippen LogP contribution is -2.46. The Hall–Kier alpha value is -2.16. The molecule has 8 nitrogen and oxygen atoms in total. The third-order valence-corrected chi connectivity index (χ3v) is 5.43. The van der Waals surface area contributed by atoms with Gasteiger partial charge in [0.25, 0.3) is 0 Å². The first-order valence-electron chi connectivity index (χ1n) is 11.7. The van der Waals surface area contributed by atoms with Gasteiger partial charge in [0.2, 0.25) is 5.91 Å². The molecular formula is C25H40N2O6. The highest BCUT2D eigenvalue weighted by molar-refractivity contribution is 5.87. The maximum Gasteiger partial charge on any atom is 0.409 e. The van der Waals surface area contributed by atoms with E-state index in [1.54, 1.807) is 21.0 Å². The van der Waals surface area contributed by atoms with Gasteiger partial charge in [0.1, 0.15) is 6.10 Å². The Balaban J connectivity index is 1.67. The van der Waals surface area contributed by atoms with Crippen LogP contribution in [0.25, 0.3) is 0 Å². The van der Waals surface area contributed by atoms with Crippen molar-refractivity contribution in [3.05, 3.63) is 36.0 Å². The topological polar surface area (TPSA) is 86.3 Å². The van der Waals surface area contributed by atoms with E-state index in [9.17, 15) is 9.59 Å². The number of ether oxygens (including phenoxy) is 4. The summed E-state index contributed by atoms with van der Waals surface area (Å²) in [7, 11) is 3.20. The molecule has 186 valence electrons. The van der Waals surface area contributed by atoms with Gasteiger partial charge in [-0.15, -0.1) is 0 Å². The van der Waals surface area contributed by atoms with Gasteiger partial charge in [-0.05, 0) is 53.0 Å². The molecule has 33 heavy (non-hydrogen) atoms. The van der Waals surface area contributed by atoms with Crippen LogP contribution in [0.3, 0.4) is 0 Å². The van der Waals surface area contributed by atoms with Crippen LogP contribution in [0, 0.1) is 0 Å². The maximum absolute atomic E-state index is 12.1.